The summed E-state index contributed by atoms with van der Waals surface area (Å²) >= 11 is 5.64. The van der Waals surface area contributed by atoms with Gasteiger partial charge in [0.2, 0.25) is 5.95 Å². The van der Waals surface area contributed by atoms with Gasteiger partial charge < -0.3 is 15.6 Å². The van der Waals surface area contributed by atoms with Crippen LogP contribution in [0.3, 0.4) is 0 Å². The second-order valence-corrected chi connectivity index (χ2v) is 7.56. The average molecular weight is 472 g/mol. The zero-order valence-corrected chi connectivity index (χ0v) is 17.9. The number of hydrogen-bond donors (Lipinski definition) is 3. The first-order valence-electron chi connectivity index (χ1n) is 9.73. The van der Waals surface area contributed by atoms with Crippen LogP contribution in [0.5, 0.6) is 0 Å². The number of aryl methyl sites for hydroxylation is 1. The van der Waals surface area contributed by atoms with E-state index in [1.807, 2.05) is 19.1 Å². The van der Waals surface area contributed by atoms with Crippen molar-refractivity contribution in [2.45, 2.75) is 13.1 Å². The maximum Gasteiger partial charge on any atom is 0.417 e. The number of anilines is 3. The number of hydrogen-bond acceptors (Lipinski definition) is 4. The second kappa shape index (κ2) is 8.95. The van der Waals surface area contributed by atoms with E-state index >= 15 is 0 Å². The molecule has 0 unspecified atom stereocenters. The standard InChI is InChI=1S/C23H17ClF3N5O/c1-13-4-5-14(21(33)30-15-6-7-17(24)16(12-15)23(25,26)27)11-20(13)32-22-29-10-8-19(31-22)18-3-2-9-28-18/h2-12,28H,1H3,(H,30,33)(H,29,31,32). The Morgan fingerprint density at radius 1 is 1.09 bits per heavy atom. The van der Waals surface area contributed by atoms with Crippen LogP contribution in [0.25, 0.3) is 11.4 Å². The van der Waals surface area contributed by atoms with E-state index in [0.717, 1.165) is 23.4 Å². The largest absolute Gasteiger partial charge is 0.417 e. The minimum atomic E-state index is -4.63. The summed E-state index contributed by atoms with van der Waals surface area (Å²) in [6.45, 7) is 1.84. The molecule has 0 saturated heterocycles. The molecule has 2 aromatic carbocycles. The molecule has 0 bridgehead atoms. The number of benzene rings is 2. The Bertz CT molecular complexity index is 1310. The van der Waals surface area contributed by atoms with Crippen molar-refractivity contribution in [3.8, 4) is 11.4 Å². The Labute approximate surface area is 191 Å². The molecule has 0 fully saturated rings. The highest BCUT2D eigenvalue weighted by molar-refractivity contribution is 6.31. The molecule has 0 atom stereocenters. The Balaban J connectivity index is 1.55. The zero-order valence-electron chi connectivity index (χ0n) is 17.2. The van der Waals surface area contributed by atoms with Gasteiger partial charge in [-0.2, -0.15) is 13.2 Å². The molecular weight excluding hydrogens is 455 g/mol. The van der Waals surface area contributed by atoms with Gasteiger partial charge in [-0.1, -0.05) is 17.7 Å². The number of rotatable bonds is 5. The van der Waals surface area contributed by atoms with Crippen LogP contribution in [0.15, 0.2) is 67.0 Å². The predicted octanol–water partition coefficient (Wildman–Crippen LogP) is 6.45. The minimum Gasteiger partial charge on any atom is -0.360 e. The number of nitrogens with one attached hydrogen (secondary N) is 3. The van der Waals surface area contributed by atoms with E-state index < -0.39 is 22.7 Å². The van der Waals surface area contributed by atoms with E-state index in [2.05, 4.69) is 25.6 Å². The van der Waals surface area contributed by atoms with Crippen LogP contribution in [0, 0.1) is 6.92 Å². The Kier molecular flexibility index (Phi) is 6.06. The van der Waals surface area contributed by atoms with Gasteiger partial charge >= 0.3 is 6.18 Å². The molecule has 6 nitrogen and oxygen atoms in total. The van der Waals surface area contributed by atoms with Gasteiger partial charge in [0.25, 0.3) is 5.91 Å². The van der Waals surface area contributed by atoms with Gasteiger partial charge in [-0.05, 0) is 61.0 Å². The molecule has 0 aliphatic rings. The lowest BCUT2D eigenvalue weighted by atomic mass is 10.1. The lowest BCUT2D eigenvalue weighted by molar-refractivity contribution is -0.137. The van der Waals surface area contributed by atoms with Gasteiger partial charge in [-0.3, -0.25) is 4.79 Å². The van der Waals surface area contributed by atoms with E-state index in [1.54, 1.807) is 36.7 Å². The van der Waals surface area contributed by atoms with Gasteiger partial charge in [0, 0.05) is 29.3 Å². The summed E-state index contributed by atoms with van der Waals surface area (Å²) in [7, 11) is 0. The number of nitrogens with zero attached hydrogens (tertiary/aromatic N) is 2. The van der Waals surface area contributed by atoms with Gasteiger partial charge in [0.1, 0.15) is 0 Å². The van der Waals surface area contributed by atoms with Gasteiger partial charge in [-0.15, -0.1) is 0 Å². The van der Waals surface area contributed by atoms with Crippen molar-refractivity contribution in [2.75, 3.05) is 10.6 Å². The highest BCUT2D eigenvalue weighted by Gasteiger charge is 2.33. The van der Waals surface area contributed by atoms with Crippen LogP contribution >= 0.6 is 11.6 Å². The number of alkyl halides is 3. The summed E-state index contributed by atoms with van der Waals surface area (Å²) in [5, 5.41) is 5.12. The lowest BCUT2D eigenvalue weighted by Gasteiger charge is -2.13. The molecule has 2 heterocycles. The van der Waals surface area contributed by atoms with Gasteiger partial charge in [0.05, 0.1) is 22.0 Å². The average Bonchev–Trinajstić information content (AvgIpc) is 3.31. The third kappa shape index (κ3) is 5.15. The summed E-state index contributed by atoms with van der Waals surface area (Å²) in [6, 6.07) is 13.6. The molecule has 0 radical (unpaired) electrons. The first-order chi connectivity index (χ1) is 15.7. The predicted molar refractivity (Wildman–Crippen MR) is 121 cm³/mol. The third-order valence-electron chi connectivity index (χ3n) is 4.81. The normalized spacial score (nSPS) is 11.3. The van der Waals surface area contributed by atoms with Gasteiger partial charge in [-0.25, -0.2) is 9.97 Å². The number of aromatic nitrogens is 3. The maximum absolute atomic E-state index is 13.1. The van der Waals surface area contributed by atoms with E-state index in [9.17, 15) is 18.0 Å². The van der Waals surface area contributed by atoms with Gasteiger partial charge in [0.15, 0.2) is 0 Å². The number of aromatic amines is 1. The van der Waals surface area contributed by atoms with Crippen LogP contribution in [0.1, 0.15) is 21.5 Å². The highest BCUT2D eigenvalue weighted by Crippen LogP contribution is 2.36. The van der Waals surface area contributed by atoms with Crippen LogP contribution in [-0.4, -0.2) is 20.9 Å². The molecule has 10 heteroatoms. The highest BCUT2D eigenvalue weighted by atomic mass is 35.5. The fourth-order valence-corrected chi connectivity index (χ4v) is 3.33. The van der Waals surface area contributed by atoms with E-state index in [0.29, 0.717) is 17.3 Å². The molecule has 168 valence electrons. The molecule has 2 aromatic heterocycles. The van der Waals surface area contributed by atoms with Crippen molar-refractivity contribution >= 4 is 34.8 Å². The van der Waals surface area contributed by atoms with E-state index in [1.165, 1.54) is 6.07 Å². The van der Waals surface area contributed by atoms with Crippen molar-refractivity contribution < 1.29 is 18.0 Å². The van der Waals surface area contributed by atoms with E-state index in [-0.39, 0.29) is 11.3 Å². The molecule has 4 aromatic rings. The number of H-pyrrole nitrogens is 1. The maximum atomic E-state index is 13.1. The second-order valence-electron chi connectivity index (χ2n) is 7.15. The van der Waals surface area contributed by atoms with Crippen molar-refractivity contribution in [3.05, 3.63) is 88.7 Å². The number of carbonyl (C=O) groups excluding carboxylic acids is 1. The number of halogens is 4. The molecule has 0 spiro atoms. The first-order valence-corrected chi connectivity index (χ1v) is 10.1. The molecule has 1 amide bonds. The number of amides is 1. The third-order valence-corrected chi connectivity index (χ3v) is 5.13. The van der Waals surface area contributed by atoms with Crippen LogP contribution < -0.4 is 10.6 Å². The summed E-state index contributed by atoms with van der Waals surface area (Å²) in [6.07, 6.45) is -1.24. The smallest absolute Gasteiger partial charge is 0.360 e. The topological polar surface area (TPSA) is 82.7 Å². The Morgan fingerprint density at radius 2 is 1.91 bits per heavy atom. The molecule has 4 rings (SSSR count). The zero-order chi connectivity index (χ0) is 23.6. The van der Waals surface area contributed by atoms with Crippen molar-refractivity contribution in [3.63, 3.8) is 0 Å². The Morgan fingerprint density at radius 3 is 2.64 bits per heavy atom. The lowest BCUT2D eigenvalue weighted by Crippen LogP contribution is -2.14. The summed E-state index contributed by atoms with van der Waals surface area (Å²) < 4.78 is 39.3. The quantitative estimate of drug-likeness (QED) is 0.312. The molecule has 0 saturated carbocycles. The van der Waals surface area contributed by atoms with Crippen molar-refractivity contribution in [2.24, 2.45) is 0 Å². The molecule has 0 aliphatic heterocycles. The number of carbonyl (C=O) groups is 1. The SMILES string of the molecule is Cc1ccc(C(=O)Nc2ccc(Cl)c(C(F)(F)F)c2)cc1Nc1nccc(-c2ccc[nH]2)n1. The molecule has 3 N–H and O–H groups in total. The van der Waals surface area contributed by atoms with E-state index in [4.69, 9.17) is 11.6 Å². The van der Waals surface area contributed by atoms with Crippen LogP contribution in [-0.2, 0) is 6.18 Å². The summed E-state index contributed by atoms with van der Waals surface area (Å²) in [4.78, 5) is 24.4. The monoisotopic (exact) mass is 471 g/mol. The summed E-state index contributed by atoms with van der Waals surface area (Å²) in [5.74, 6) is -0.246. The van der Waals surface area contributed by atoms with Crippen molar-refractivity contribution in [1.29, 1.82) is 0 Å². The fraction of sp³-hybridized carbons (Fsp3) is 0.0870. The van der Waals surface area contributed by atoms with Crippen LogP contribution in [0.4, 0.5) is 30.5 Å². The minimum absolute atomic E-state index is 0.0196. The molecular formula is C23H17ClF3N5O. The molecule has 33 heavy (non-hydrogen) atoms. The molecule has 0 aliphatic carbocycles. The summed E-state index contributed by atoms with van der Waals surface area (Å²) in [5.41, 5.74) is 2.12. The van der Waals surface area contributed by atoms with Crippen molar-refractivity contribution in [1.82, 2.24) is 15.0 Å². The fourth-order valence-electron chi connectivity index (χ4n) is 3.10. The first kappa shape index (κ1) is 22.3. The Hall–Kier alpha value is -3.85. The van der Waals surface area contributed by atoms with Crippen LogP contribution in [0.2, 0.25) is 5.02 Å².